The number of methoxy groups -OCH3 is 2. The van der Waals surface area contributed by atoms with Crippen LogP contribution in [0.1, 0.15) is 25.5 Å². The van der Waals surface area contributed by atoms with Crippen LogP contribution < -0.4 is 20.1 Å². The van der Waals surface area contributed by atoms with Gasteiger partial charge in [0.15, 0.2) is 17.5 Å². The monoisotopic (exact) mass is 552 g/mol. The van der Waals surface area contributed by atoms with Crippen molar-refractivity contribution in [2.45, 2.75) is 24.6 Å². The molecular weight excluding hydrogens is 515 g/mol. The molecule has 2 rings (SSSR count). The van der Waals surface area contributed by atoms with Gasteiger partial charge < -0.3 is 24.8 Å². The molecule has 0 saturated carbocycles. The molecule has 1 aromatic carbocycles. The Balaban J connectivity index is 0.00000450. The average molecular weight is 553 g/mol. The fourth-order valence-corrected chi connectivity index (χ4v) is 3.41. The van der Waals surface area contributed by atoms with Crippen LogP contribution >= 0.6 is 35.7 Å². The lowest BCUT2D eigenvalue weighted by molar-refractivity contribution is 0.0169. The van der Waals surface area contributed by atoms with E-state index in [-0.39, 0.29) is 34.8 Å². The molecule has 1 aromatic rings. The van der Waals surface area contributed by atoms with Crippen molar-refractivity contribution in [1.29, 1.82) is 0 Å². The largest absolute Gasteiger partial charge is 0.493 e. The number of benzene rings is 1. The first-order valence-electron chi connectivity index (χ1n) is 9.97. The molecule has 9 heteroatoms. The SMILES string of the molecule is CN=C(NCC(c1ccc(OC)c(OC)c1)N1CCOCC1)NCC(C)(C)SC.I. The molecular formula is C21H37IN4O3S. The van der Waals surface area contributed by atoms with Gasteiger partial charge >= 0.3 is 0 Å². The van der Waals surface area contributed by atoms with Crippen molar-refractivity contribution < 1.29 is 14.2 Å². The number of halogens is 1. The third-order valence-corrected chi connectivity index (χ3v) is 6.45. The van der Waals surface area contributed by atoms with Gasteiger partial charge in [-0.1, -0.05) is 6.07 Å². The summed E-state index contributed by atoms with van der Waals surface area (Å²) in [5.74, 6) is 2.29. The summed E-state index contributed by atoms with van der Waals surface area (Å²) in [5.41, 5.74) is 1.18. The number of hydrogen-bond acceptors (Lipinski definition) is 6. The molecule has 0 aliphatic carbocycles. The molecule has 1 heterocycles. The minimum Gasteiger partial charge on any atom is -0.493 e. The lowest BCUT2D eigenvalue weighted by Crippen LogP contribution is -2.48. The van der Waals surface area contributed by atoms with Gasteiger partial charge in [-0.2, -0.15) is 11.8 Å². The van der Waals surface area contributed by atoms with Crippen LogP contribution in [0.25, 0.3) is 0 Å². The third-order valence-electron chi connectivity index (χ3n) is 5.20. The molecule has 0 spiro atoms. The van der Waals surface area contributed by atoms with E-state index in [1.165, 1.54) is 5.56 Å². The van der Waals surface area contributed by atoms with Gasteiger partial charge in [0, 0.05) is 38.0 Å². The maximum absolute atomic E-state index is 5.56. The lowest BCUT2D eigenvalue weighted by Gasteiger charge is -2.35. The van der Waals surface area contributed by atoms with E-state index in [1.807, 2.05) is 24.9 Å². The van der Waals surface area contributed by atoms with Gasteiger partial charge in [0.05, 0.1) is 33.5 Å². The van der Waals surface area contributed by atoms with Crippen LogP contribution in [0, 0.1) is 0 Å². The van der Waals surface area contributed by atoms with Crippen molar-refractivity contribution in [1.82, 2.24) is 15.5 Å². The Morgan fingerprint density at radius 3 is 2.43 bits per heavy atom. The molecule has 172 valence electrons. The summed E-state index contributed by atoms with van der Waals surface area (Å²) in [6, 6.07) is 6.31. The molecule has 1 saturated heterocycles. The van der Waals surface area contributed by atoms with Gasteiger partial charge in [0.25, 0.3) is 0 Å². The molecule has 2 N–H and O–H groups in total. The highest BCUT2D eigenvalue weighted by molar-refractivity contribution is 14.0. The first kappa shape index (κ1) is 27.1. The van der Waals surface area contributed by atoms with Crippen molar-refractivity contribution in [3.8, 4) is 11.5 Å². The van der Waals surface area contributed by atoms with Crippen molar-refractivity contribution in [2.24, 2.45) is 4.99 Å². The Kier molecular flexibility index (Phi) is 12.2. The summed E-state index contributed by atoms with van der Waals surface area (Å²) in [4.78, 5) is 6.84. The van der Waals surface area contributed by atoms with Crippen molar-refractivity contribution in [2.75, 3.05) is 66.9 Å². The first-order chi connectivity index (χ1) is 13.9. The zero-order valence-electron chi connectivity index (χ0n) is 19.0. The maximum atomic E-state index is 5.56. The van der Waals surface area contributed by atoms with Crippen molar-refractivity contribution in [3.05, 3.63) is 23.8 Å². The minimum absolute atomic E-state index is 0. The molecule has 1 fully saturated rings. The zero-order valence-corrected chi connectivity index (χ0v) is 22.1. The predicted molar refractivity (Wildman–Crippen MR) is 137 cm³/mol. The normalized spacial score (nSPS) is 16.4. The van der Waals surface area contributed by atoms with Gasteiger partial charge in [0.2, 0.25) is 0 Å². The Morgan fingerprint density at radius 2 is 1.87 bits per heavy atom. The Hall–Kier alpha value is -0.910. The second-order valence-electron chi connectivity index (χ2n) is 7.55. The molecule has 1 unspecified atom stereocenters. The molecule has 1 aliphatic heterocycles. The summed E-state index contributed by atoms with van der Waals surface area (Å²) in [5, 5.41) is 6.94. The number of thioether (sulfide) groups is 1. The highest BCUT2D eigenvalue weighted by Crippen LogP contribution is 2.32. The number of nitrogens with zero attached hydrogens (tertiary/aromatic N) is 2. The molecule has 0 amide bonds. The number of guanidine groups is 1. The van der Waals surface area contributed by atoms with Crippen LogP contribution in [0.5, 0.6) is 11.5 Å². The summed E-state index contributed by atoms with van der Waals surface area (Å²) < 4.78 is 16.6. The number of nitrogens with one attached hydrogen (secondary N) is 2. The number of ether oxygens (including phenoxy) is 3. The summed E-state index contributed by atoms with van der Waals surface area (Å²) in [7, 11) is 5.13. The van der Waals surface area contributed by atoms with Crippen molar-refractivity contribution >= 4 is 41.7 Å². The van der Waals surface area contributed by atoms with Gasteiger partial charge in [-0.15, -0.1) is 24.0 Å². The van der Waals surface area contributed by atoms with Crippen molar-refractivity contribution in [3.63, 3.8) is 0 Å². The standard InChI is InChI=1S/C21H36N4O3S.HI/c1-21(2,29-6)15-24-20(22-3)23-14-17(25-9-11-28-12-10-25)16-7-8-18(26-4)19(13-16)27-5;/h7-8,13,17H,9-12,14-15H2,1-6H3,(H2,22,23,24);1H. The van der Waals surface area contributed by atoms with E-state index in [1.54, 1.807) is 14.2 Å². The van der Waals surface area contributed by atoms with Gasteiger partial charge in [-0.05, 0) is 37.8 Å². The van der Waals surface area contributed by atoms with Crippen LogP contribution in [0.3, 0.4) is 0 Å². The first-order valence-corrected chi connectivity index (χ1v) is 11.2. The molecule has 0 bridgehead atoms. The van der Waals surface area contributed by atoms with E-state index in [2.05, 4.69) is 52.8 Å². The number of morpholine rings is 1. The molecule has 30 heavy (non-hydrogen) atoms. The predicted octanol–water partition coefficient (Wildman–Crippen LogP) is 3.00. The van der Waals surface area contributed by atoms with E-state index in [4.69, 9.17) is 14.2 Å². The van der Waals surface area contributed by atoms with E-state index in [0.29, 0.717) is 0 Å². The van der Waals surface area contributed by atoms with E-state index >= 15 is 0 Å². The van der Waals surface area contributed by atoms with E-state index < -0.39 is 0 Å². The summed E-state index contributed by atoms with van der Waals surface area (Å²) in [6.45, 7) is 9.30. The Labute approximate surface area is 202 Å². The Morgan fingerprint density at radius 1 is 1.20 bits per heavy atom. The maximum Gasteiger partial charge on any atom is 0.191 e. The smallest absolute Gasteiger partial charge is 0.191 e. The quantitative estimate of drug-likeness (QED) is 0.278. The van der Waals surface area contributed by atoms with E-state index in [9.17, 15) is 0 Å². The van der Waals surface area contributed by atoms with Gasteiger partial charge in [-0.3, -0.25) is 9.89 Å². The molecule has 0 aromatic heterocycles. The molecule has 1 atom stereocenters. The summed E-state index contributed by atoms with van der Waals surface area (Å²) >= 11 is 1.84. The van der Waals surface area contributed by atoms with Gasteiger partial charge in [-0.25, -0.2) is 0 Å². The highest BCUT2D eigenvalue weighted by atomic mass is 127. The Bertz CT molecular complexity index is 670. The summed E-state index contributed by atoms with van der Waals surface area (Å²) in [6.07, 6.45) is 2.13. The second kappa shape index (κ2) is 13.5. The number of rotatable bonds is 9. The minimum atomic E-state index is 0. The lowest BCUT2D eigenvalue weighted by atomic mass is 10.0. The van der Waals surface area contributed by atoms with Crippen LogP contribution in [0.2, 0.25) is 0 Å². The molecule has 1 aliphatic rings. The fraction of sp³-hybridized carbons (Fsp3) is 0.667. The molecule has 0 radical (unpaired) electrons. The zero-order chi connectivity index (χ0) is 21.3. The second-order valence-corrected chi connectivity index (χ2v) is 9.06. The number of aliphatic imine (C=N–C) groups is 1. The number of hydrogen-bond donors (Lipinski definition) is 2. The van der Waals surface area contributed by atoms with Crippen LogP contribution in [0.4, 0.5) is 0 Å². The molecule has 7 nitrogen and oxygen atoms in total. The fourth-order valence-electron chi connectivity index (χ4n) is 3.19. The van der Waals surface area contributed by atoms with E-state index in [0.717, 1.165) is 56.9 Å². The van der Waals surface area contributed by atoms with Crippen LogP contribution in [-0.4, -0.2) is 82.5 Å². The third kappa shape index (κ3) is 7.97. The highest BCUT2D eigenvalue weighted by Gasteiger charge is 2.24. The average Bonchev–Trinajstić information content (AvgIpc) is 2.76. The van der Waals surface area contributed by atoms with Crippen LogP contribution in [-0.2, 0) is 4.74 Å². The van der Waals surface area contributed by atoms with Gasteiger partial charge in [0.1, 0.15) is 0 Å². The topological polar surface area (TPSA) is 67.4 Å². The van der Waals surface area contributed by atoms with Crippen LogP contribution in [0.15, 0.2) is 23.2 Å².